The van der Waals surface area contributed by atoms with Crippen LogP contribution in [0.15, 0.2) is 47.9 Å². The number of rotatable bonds is 3. The molecule has 1 unspecified atom stereocenters. The monoisotopic (exact) mass is 320 g/mol. The number of aromatic nitrogens is 2. The lowest BCUT2D eigenvalue weighted by Crippen LogP contribution is -2.48. The van der Waals surface area contributed by atoms with E-state index < -0.39 is 10.0 Å². The molecule has 118 valence electrons. The molecule has 0 radical (unpaired) electrons. The predicted octanol–water partition coefficient (Wildman–Crippen LogP) is 1.10. The van der Waals surface area contributed by atoms with Crippen molar-refractivity contribution >= 4 is 10.0 Å². The zero-order valence-electron chi connectivity index (χ0n) is 12.8. The molecular weight excluding hydrogens is 300 g/mol. The van der Waals surface area contributed by atoms with Gasteiger partial charge in [-0.25, -0.2) is 13.4 Å². The van der Waals surface area contributed by atoms with Gasteiger partial charge in [-0.1, -0.05) is 30.3 Å². The average molecular weight is 320 g/mol. The molecule has 1 aliphatic heterocycles. The van der Waals surface area contributed by atoms with E-state index in [-0.39, 0.29) is 11.1 Å². The van der Waals surface area contributed by atoms with Crippen LogP contribution in [0.4, 0.5) is 0 Å². The molecule has 0 saturated carbocycles. The summed E-state index contributed by atoms with van der Waals surface area (Å²) in [6, 6.07) is 10.1. The van der Waals surface area contributed by atoms with Gasteiger partial charge in [0.25, 0.3) is 10.0 Å². The number of benzene rings is 1. The second kappa shape index (κ2) is 5.83. The quantitative estimate of drug-likeness (QED) is 0.850. The van der Waals surface area contributed by atoms with E-state index >= 15 is 0 Å². The normalized spacial score (nSPS) is 21.1. The van der Waals surface area contributed by atoms with E-state index in [1.54, 1.807) is 17.8 Å². The van der Waals surface area contributed by atoms with E-state index in [9.17, 15) is 8.42 Å². The molecule has 1 saturated heterocycles. The molecule has 3 rings (SSSR count). The van der Waals surface area contributed by atoms with Crippen LogP contribution in [0.2, 0.25) is 0 Å². The van der Waals surface area contributed by atoms with Gasteiger partial charge in [0.15, 0.2) is 5.03 Å². The van der Waals surface area contributed by atoms with Crippen LogP contribution >= 0.6 is 0 Å². The van der Waals surface area contributed by atoms with E-state index in [0.717, 1.165) is 5.56 Å². The highest BCUT2D eigenvalue weighted by molar-refractivity contribution is 7.89. The molecule has 6 nitrogen and oxygen atoms in total. The van der Waals surface area contributed by atoms with Gasteiger partial charge in [0.1, 0.15) is 0 Å². The van der Waals surface area contributed by atoms with Crippen molar-refractivity contribution in [3.05, 3.63) is 48.4 Å². The van der Waals surface area contributed by atoms with Crippen LogP contribution in [0.25, 0.3) is 0 Å². The first-order valence-corrected chi connectivity index (χ1v) is 8.66. The third kappa shape index (κ3) is 2.79. The highest BCUT2D eigenvalue weighted by Crippen LogP contribution is 2.27. The number of hydrogen-bond donors (Lipinski definition) is 0. The van der Waals surface area contributed by atoms with Crippen LogP contribution in [-0.4, -0.2) is 53.9 Å². The van der Waals surface area contributed by atoms with Crippen molar-refractivity contribution in [3.63, 3.8) is 0 Å². The fourth-order valence-electron chi connectivity index (χ4n) is 2.76. The number of imidazole rings is 1. The van der Waals surface area contributed by atoms with Gasteiger partial charge < -0.3 is 4.57 Å². The summed E-state index contributed by atoms with van der Waals surface area (Å²) < 4.78 is 28.6. The molecule has 0 bridgehead atoms. The Bertz CT molecular complexity index is 742. The molecule has 1 aromatic carbocycles. The van der Waals surface area contributed by atoms with Crippen molar-refractivity contribution in [3.8, 4) is 0 Å². The maximum Gasteiger partial charge on any atom is 0.262 e. The van der Waals surface area contributed by atoms with Crippen molar-refractivity contribution in [2.75, 3.05) is 26.7 Å². The second-order valence-electron chi connectivity index (χ2n) is 5.65. The van der Waals surface area contributed by atoms with E-state index in [2.05, 4.69) is 9.88 Å². The molecule has 0 spiro atoms. The highest BCUT2D eigenvalue weighted by atomic mass is 32.2. The summed E-state index contributed by atoms with van der Waals surface area (Å²) in [6.07, 6.45) is 3.06. The van der Waals surface area contributed by atoms with Crippen LogP contribution < -0.4 is 0 Å². The van der Waals surface area contributed by atoms with Crippen LogP contribution in [0.5, 0.6) is 0 Å². The number of likely N-dealkylation sites (N-methyl/N-ethyl adjacent to an activating group) is 1. The van der Waals surface area contributed by atoms with Gasteiger partial charge in [0, 0.05) is 38.9 Å². The minimum Gasteiger partial charge on any atom is -0.339 e. The van der Waals surface area contributed by atoms with Gasteiger partial charge >= 0.3 is 0 Å². The van der Waals surface area contributed by atoms with E-state index in [0.29, 0.717) is 19.6 Å². The van der Waals surface area contributed by atoms with Gasteiger partial charge in [-0.2, -0.15) is 4.31 Å². The Hall–Kier alpha value is -1.70. The molecule has 1 aliphatic rings. The smallest absolute Gasteiger partial charge is 0.262 e. The summed E-state index contributed by atoms with van der Waals surface area (Å²) in [5.41, 5.74) is 1.13. The van der Waals surface area contributed by atoms with Crippen molar-refractivity contribution < 1.29 is 8.42 Å². The van der Waals surface area contributed by atoms with Gasteiger partial charge in [0.2, 0.25) is 0 Å². The Labute approximate surface area is 131 Å². The van der Waals surface area contributed by atoms with Crippen LogP contribution in [0.3, 0.4) is 0 Å². The van der Waals surface area contributed by atoms with E-state index in [1.165, 1.54) is 10.6 Å². The number of piperazine rings is 1. The lowest BCUT2D eigenvalue weighted by Gasteiger charge is -2.38. The SMILES string of the molecule is CN1CCN(S(=O)(=O)c2cn(C)cn2)CC1c1ccccc1. The van der Waals surface area contributed by atoms with E-state index in [4.69, 9.17) is 0 Å². The Morgan fingerprint density at radius 3 is 2.50 bits per heavy atom. The molecule has 1 fully saturated rings. The Morgan fingerprint density at radius 1 is 1.14 bits per heavy atom. The predicted molar refractivity (Wildman–Crippen MR) is 83.8 cm³/mol. The molecule has 2 heterocycles. The van der Waals surface area contributed by atoms with Gasteiger partial charge in [-0.15, -0.1) is 0 Å². The minimum absolute atomic E-state index is 0.0634. The lowest BCUT2D eigenvalue weighted by atomic mass is 10.0. The third-order valence-electron chi connectivity index (χ3n) is 4.08. The molecule has 1 aromatic heterocycles. The Balaban J connectivity index is 1.87. The summed E-state index contributed by atoms with van der Waals surface area (Å²) in [7, 11) is 0.266. The molecular formula is C15H20N4O2S. The summed E-state index contributed by atoms with van der Waals surface area (Å²) in [5, 5.41) is 0.117. The number of sulfonamides is 1. The fourth-order valence-corrected chi connectivity index (χ4v) is 4.16. The average Bonchev–Trinajstić information content (AvgIpc) is 2.96. The van der Waals surface area contributed by atoms with Crippen molar-refractivity contribution in [1.82, 2.24) is 18.8 Å². The first-order chi connectivity index (χ1) is 10.5. The molecule has 7 heteroatoms. The van der Waals surface area contributed by atoms with Crippen LogP contribution in [-0.2, 0) is 17.1 Å². The van der Waals surface area contributed by atoms with Gasteiger partial charge in [0.05, 0.1) is 6.33 Å². The van der Waals surface area contributed by atoms with Crippen LogP contribution in [0, 0.1) is 0 Å². The van der Waals surface area contributed by atoms with Gasteiger partial charge in [-0.05, 0) is 12.6 Å². The third-order valence-corrected chi connectivity index (χ3v) is 5.83. The lowest BCUT2D eigenvalue weighted by molar-refractivity contribution is 0.148. The van der Waals surface area contributed by atoms with Crippen molar-refractivity contribution in [1.29, 1.82) is 0 Å². The van der Waals surface area contributed by atoms with E-state index in [1.807, 2.05) is 37.4 Å². The first-order valence-electron chi connectivity index (χ1n) is 7.22. The molecule has 0 aliphatic carbocycles. The van der Waals surface area contributed by atoms with Crippen molar-refractivity contribution in [2.24, 2.45) is 7.05 Å². The largest absolute Gasteiger partial charge is 0.339 e. The summed E-state index contributed by atoms with van der Waals surface area (Å²) in [4.78, 5) is 6.19. The first kappa shape index (κ1) is 15.2. The topological polar surface area (TPSA) is 58.4 Å². The molecule has 1 atom stereocenters. The standard InChI is InChI=1S/C15H20N4O2S/c1-17-11-15(16-12-17)22(20,21)19-9-8-18(2)14(10-19)13-6-4-3-5-7-13/h3-7,11-12,14H,8-10H2,1-2H3. The maximum atomic E-state index is 12.7. The Morgan fingerprint density at radius 2 is 1.86 bits per heavy atom. The second-order valence-corrected chi connectivity index (χ2v) is 7.53. The maximum absolute atomic E-state index is 12.7. The molecule has 0 N–H and O–H groups in total. The zero-order chi connectivity index (χ0) is 15.7. The molecule has 22 heavy (non-hydrogen) atoms. The highest BCUT2D eigenvalue weighted by Gasteiger charge is 2.34. The zero-order valence-corrected chi connectivity index (χ0v) is 13.6. The number of aryl methyl sites for hydroxylation is 1. The summed E-state index contributed by atoms with van der Waals surface area (Å²) in [5.74, 6) is 0. The number of nitrogens with zero attached hydrogens (tertiary/aromatic N) is 4. The summed E-state index contributed by atoms with van der Waals surface area (Å²) >= 11 is 0. The van der Waals surface area contributed by atoms with Crippen LogP contribution in [0.1, 0.15) is 11.6 Å². The van der Waals surface area contributed by atoms with Crippen molar-refractivity contribution in [2.45, 2.75) is 11.1 Å². The molecule has 2 aromatic rings. The number of hydrogen-bond acceptors (Lipinski definition) is 4. The summed E-state index contributed by atoms with van der Waals surface area (Å²) in [6.45, 7) is 1.63. The minimum atomic E-state index is -3.53. The Kier molecular flexibility index (Phi) is 4.03. The fraction of sp³-hybridized carbons (Fsp3) is 0.400. The molecule has 0 amide bonds. The van der Waals surface area contributed by atoms with Gasteiger partial charge in [-0.3, -0.25) is 4.90 Å².